The molecule has 0 unspecified atom stereocenters. The predicted octanol–water partition coefficient (Wildman–Crippen LogP) is 16.4. The van der Waals surface area contributed by atoms with E-state index in [1.807, 2.05) is 41.7 Å². The van der Waals surface area contributed by atoms with E-state index < -0.39 is 0 Å². The van der Waals surface area contributed by atoms with Gasteiger partial charge >= 0.3 is 0 Å². The van der Waals surface area contributed by atoms with Gasteiger partial charge in [0.2, 0.25) is 0 Å². The van der Waals surface area contributed by atoms with Crippen LogP contribution in [0.4, 0.5) is 0 Å². The lowest BCUT2D eigenvalue weighted by molar-refractivity contribution is 0.670. The zero-order chi connectivity index (χ0) is 41.0. The molecule has 0 radical (unpaired) electrons. The van der Waals surface area contributed by atoms with Gasteiger partial charge in [-0.25, -0.2) is 9.97 Å². The number of hydrogen-bond donors (Lipinski definition) is 0. The number of aromatic nitrogens is 2. The van der Waals surface area contributed by atoms with E-state index in [0.29, 0.717) is 5.82 Å². The standard InChI is InChI=1S/C58H36N2OS/c1-3-14-38(15-4-1)45-18-7-8-19-46(45)42-32-43(47-22-13-23-50-48-20-9-11-24-54(48)61-57(47)50)34-44(33-42)53-36-52(59-58(60-53)40-16-5-2-6-17-40)39-28-26-37(27-29-39)41-30-31-56-51(35-41)49-21-10-12-25-55(49)62-56/h1-36H. The van der Waals surface area contributed by atoms with Gasteiger partial charge < -0.3 is 4.42 Å². The number of benzene rings is 9. The van der Waals surface area contributed by atoms with Gasteiger partial charge in [-0.3, -0.25) is 0 Å². The van der Waals surface area contributed by atoms with Gasteiger partial charge in [-0.2, -0.15) is 0 Å². The molecular weight excluding hydrogens is 773 g/mol. The van der Waals surface area contributed by atoms with Crippen LogP contribution in [0, 0.1) is 0 Å². The highest BCUT2D eigenvalue weighted by Crippen LogP contribution is 2.42. The lowest BCUT2D eigenvalue weighted by Gasteiger charge is -2.15. The highest BCUT2D eigenvalue weighted by molar-refractivity contribution is 7.25. The van der Waals surface area contributed by atoms with Crippen molar-refractivity contribution in [2.24, 2.45) is 0 Å². The van der Waals surface area contributed by atoms with Crippen molar-refractivity contribution >= 4 is 53.4 Å². The third-order valence-corrected chi connectivity index (χ3v) is 13.1. The molecule has 9 aromatic carbocycles. The van der Waals surface area contributed by atoms with Gasteiger partial charge in [-0.05, 0) is 87.5 Å². The first-order chi connectivity index (χ1) is 30.7. The highest BCUT2D eigenvalue weighted by Gasteiger charge is 2.18. The van der Waals surface area contributed by atoms with E-state index in [2.05, 4.69) is 188 Å². The first kappa shape index (κ1) is 36.0. The van der Waals surface area contributed by atoms with Crippen LogP contribution in [0.5, 0.6) is 0 Å². The first-order valence-corrected chi connectivity index (χ1v) is 21.7. The van der Waals surface area contributed by atoms with E-state index in [0.717, 1.165) is 89.0 Å². The lowest BCUT2D eigenvalue weighted by atomic mass is 9.90. The van der Waals surface area contributed by atoms with E-state index in [9.17, 15) is 0 Å². The van der Waals surface area contributed by atoms with Crippen LogP contribution in [0.3, 0.4) is 0 Å². The minimum Gasteiger partial charge on any atom is -0.455 e. The maximum absolute atomic E-state index is 6.63. The molecule has 0 amide bonds. The van der Waals surface area contributed by atoms with Crippen molar-refractivity contribution in [2.45, 2.75) is 0 Å². The van der Waals surface area contributed by atoms with Gasteiger partial charge in [0.25, 0.3) is 0 Å². The molecule has 3 heterocycles. The molecule has 0 N–H and O–H groups in total. The van der Waals surface area contributed by atoms with E-state index in [4.69, 9.17) is 14.4 Å². The average Bonchev–Trinajstić information content (AvgIpc) is 3.93. The number of furan rings is 1. The second-order valence-electron chi connectivity index (χ2n) is 15.7. The zero-order valence-electron chi connectivity index (χ0n) is 33.5. The zero-order valence-corrected chi connectivity index (χ0v) is 34.3. The largest absolute Gasteiger partial charge is 0.455 e. The Kier molecular flexibility index (Phi) is 8.68. The van der Waals surface area contributed by atoms with Crippen LogP contribution in [0.25, 0.3) is 121 Å². The smallest absolute Gasteiger partial charge is 0.160 e. The second-order valence-corrected chi connectivity index (χ2v) is 16.8. The maximum Gasteiger partial charge on any atom is 0.160 e. The molecule has 0 saturated carbocycles. The maximum atomic E-state index is 6.63. The Morgan fingerprint density at radius 1 is 0.306 bits per heavy atom. The van der Waals surface area contributed by atoms with Crippen molar-refractivity contribution in [1.29, 1.82) is 0 Å². The molecule has 0 aliphatic rings. The normalized spacial score (nSPS) is 11.5. The molecule has 0 fully saturated rings. The molecule has 0 atom stereocenters. The SMILES string of the molecule is c1ccc(-c2nc(-c3ccc(-c4ccc5sc6ccccc6c5c4)cc3)cc(-c3cc(-c4ccccc4-c4ccccc4)cc(-c4cccc5c4oc4ccccc45)c3)n2)cc1. The van der Waals surface area contributed by atoms with Crippen LogP contribution in [0.1, 0.15) is 0 Å². The Balaban J connectivity index is 1.03. The van der Waals surface area contributed by atoms with Crippen LogP contribution in [-0.4, -0.2) is 9.97 Å². The molecule has 4 heteroatoms. The Bertz CT molecular complexity index is 3620. The third kappa shape index (κ3) is 6.37. The number of hydrogen-bond acceptors (Lipinski definition) is 4. The van der Waals surface area contributed by atoms with Crippen LogP contribution in [0.2, 0.25) is 0 Å². The van der Waals surface area contributed by atoms with Gasteiger partial charge in [0, 0.05) is 53.2 Å². The van der Waals surface area contributed by atoms with E-state index in [-0.39, 0.29) is 0 Å². The summed E-state index contributed by atoms with van der Waals surface area (Å²) < 4.78 is 9.25. The molecule has 0 aliphatic carbocycles. The van der Waals surface area contributed by atoms with E-state index in [1.165, 1.54) is 25.7 Å². The predicted molar refractivity (Wildman–Crippen MR) is 260 cm³/mol. The van der Waals surface area contributed by atoms with Gasteiger partial charge in [0.15, 0.2) is 5.82 Å². The first-order valence-electron chi connectivity index (χ1n) is 20.9. The third-order valence-electron chi connectivity index (χ3n) is 11.9. The van der Waals surface area contributed by atoms with Crippen molar-refractivity contribution < 1.29 is 4.42 Å². The summed E-state index contributed by atoms with van der Waals surface area (Å²) >= 11 is 1.84. The highest BCUT2D eigenvalue weighted by atomic mass is 32.1. The van der Waals surface area contributed by atoms with Gasteiger partial charge in [-0.1, -0.05) is 170 Å². The molecule has 3 aromatic heterocycles. The summed E-state index contributed by atoms with van der Waals surface area (Å²) in [5, 5.41) is 4.80. The molecular formula is C58H36N2OS. The Morgan fingerprint density at radius 3 is 1.65 bits per heavy atom. The van der Waals surface area contributed by atoms with Crippen molar-refractivity contribution in [3.63, 3.8) is 0 Å². The molecule has 290 valence electrons. The summed E-state index contributed by atoms with van der Waals surface area (Å²) in [6, 6.07) is 77.5. The molecule has 0 saturated heterocycles. The quantitative estimate of drug-likeness (QED) is 0.161. The van der Waals surface area contributed by atoms with Gasteiger partial charge in [0.05, 0.1) is 11.4 Å². The van der Waals surface area contributed by atoms with Crippen molar-refractivity contribution in [3.05, 3.63) is 218 Å². The van der Waals surface area contributed by atoms with Crippen molar-refractivity contribution in [3.8, 4) is 78.4 Å². The Labute approximate surface area is 362 Å². The van der Waals surface area contributed by atoms with Crippen molar-refractivity contribution in [2.75, 3.05) is 0 Å². The van der Waals surface area contributed by atoms with Crippen LogP contribution in [-0.2, 0) is 0 Å². The fourth-order valence-electron chi connectivity index (χ4n) is 8.86. The summed E-state index contributed by atoms with van der Waals surface area (Å²) in [7, 11) is 0. The van der Waals surface area contributed by atoms with Crippen LogP contribution < -0.4 is 0 Å². The molecule has 12 aromatic rings. The summed E-state index contributed by atoms with van der Waals surface area (Å²) in [6.45, 7) is 0. The Hall–Kier alpha value is -7.92. The Morgan fingerprint density at radius 2 is 0.855 bits per heavy atom. The van der Waals surface area contributed by atoms with Crippen LogP contribution in [0.15, 0.2) is 223 Å². The van der Waals surface area contributed by atoms with Crippen LogP contribution >= 0.6 is 11.3 Å². The molecule has 12 rings (SSSR count). The van der Waals surface area contributed by atoms with E-state index in [1.54, 1.807) is 0 Å². The molecule has 0 aliphatic heterocycles. The van der Waals surface area contributed by atoms with Gasteiger partial charge in [-0.15, -0.1) is 11.3 Å². The summed E-state index contributed by atoms with van der Waals surface area (Å²) in [5.41, 5.74) is 15.4. The number of thiophene rings is 1. The molecule has 0 spiro atoms. The fraction of sp³-hybridized carbons (Fsp3) is 0. The number of para-hydroxylation sites is 2. The molecule has 0 bridgehead atoms. The van der Waals surface area contributed by atoms with E-state index >= 15 is 0 Å². The van der Waals surface area contributed by atoms with Crippen molar-refractivity contribution in [1.82, 2.24) is 9.97 Å². The minimum atomic E-state index is 0.674. The lowest BCUT2D eigenvalue weighted by Crippen LogP contribution is -1.97. The summed E-state index contributed by atoms with van der Waals surface area (Å²) in [4.78, 5) is 10.6. The molecule has 3 nitrogen and oxygen atoms in total. The number of nitrogens with zero attached hydrogens (tertiary/aromatic N) is 2. The number of fused-ring (bicyclic) bond motifs is 6. The topological polar surface area (TPSA) is 38.9 Å². The van der Waals surface area contributed by atoms with Gasteiger partial charge in [0.1, 0.15) is 11.2 Å². The molecule has 62 heavy (non-hydrogen) atoms. The summed E-state index contributed by atoms with van der Waals surface area (Å²) in [5.74, 6) is 0.674. The summed E-state index contributed by atoms with van der Waals surface area (Å²) in [6.07, 6.45) is 0. The minimum absolute atomic E-state index is 0.674. The number of rotatable bonds is 7. The average molecular weight is 809 g/mol. The monoisotopic (exact) mass is 808 g/mol. The fourth-order valence-corrected chi connectivity index (χ4v) is 9.95. The second kappa shape index (κ2) is 15.0.